The third-order valence-electron chi connectivity index (χ3n) is 3.10. The zero-order valence-electron chi connectivity index (χ0n) is 11.5. The average molecular weight is 299 g/mol. The van der Waals surface area contributed by atoms with E-state index in [0.717, 1.165) is 6.42 Å². The zero-order chi connectivity index (χ0) is 15.1. The minimum absolute atomic E-state index is 0.0454. The summed E-state index contributed by atoms with van der Waals surface area (Å²) in [6.45, 7) is 3.87. The van der Waals surface area contributed by atoms with Crippen LogP contribution in [0.15, 0.2) is 24.3 Å². The largest absolute Gasteiger partial charge is 0.391 e. The molecule has 0 fully saturated rings. The Labute approximate surface area is 123 Å². The second-order valence-corrected chi connectivity index (χ2v) is 5.00. The lowest BCUT2D eigenvalue weighted by Crippen LogP contribution is -2.41. The van der Waals surface area contributed by atoms with Crippen LogP contribution in [0, 0.1) is 5.92 Å². The summed E-state index contributed by atoms with van der Waals surface area (Å²) in [5.74, 6) is -1.55. The maximum Gasteiger partial charge on any atom is 0.313 e. The maximum atomic E-state index is 11.7. The highest BCUT2D eigenvalue weighted by molar-refractivity contribution is 6.41. The number of carbonyl (C=O) groups excluding carboxylic acids is 2. The van der Waals surface area contributed by atoms with Gasteiger partial charge in [-0.1, -0.05) is 44.0 Å². The number of nitrogens with one attached hydrogen (secondary N) is 2. The van der Waals surface area contributed by atoms with Crippen molar-refractivity contribution in [2.24, 2.45) is 5.92 Å². The van der Waals surface area contributed by atoms with Crippen molar-refractivity contribution in [2.75, 3.05) is 11.9 Å². The van der Waals surface area contributed by atoms with Crippen molar-refractivity contribution in [3.63, 3.8) is 0 Å². The first-order valence-electron chi connectivity index (χ1n) is 6.47. The van der Waals surface area contributed by atoms with E-state index in [1.807, 2.05) is 13.8 Å². The van der Waals surface area contributed by atoms with Gasteiger partial charge >= 0.3 is 11.8 Å². The summed E-state index contributed by atoms with van der Waals surface area (Å²) in [5, 5.41) is 14.9. The highest BCUT2D eigenvalue weighted by Gasteiger charge is 2.18. The molecule has 0 aliphatic heterocycles. The van der Waals surface area contributed by atoms with Crippen molar-refractivity contribution < 1.29 is 14.7 Å². The Morgan fingerprint density at radius 3 is 2.55 bits per heavy atom. The first kappa shape index (κ1) is 16.5. The van der Waals surface area contributed by atoms with Crippen molar-refractivity contribution in [3.05, 3.63) is 29.3 Å². The molecule has 110 valence electrons. The van der Waals surface area contributed by atoms with Crippen LogP contribution in [0.5, 0.6) is 0 Å². The van der Waals surface area contributed by atoms with Gasteiger partial charge < -0.3 is 15.7 Å². The van der Waals surface area contributed by atoms with Gasteiger partial charge in [-0.05, 0) is 18.1 Å². The molecule has 2 unspecified atom stereocenters. The van der Waals surface area contributed by atoms with Gasteiger partial charge in [0.2, 0.25) is 0 Å². The van der Waals surface area contributed by atoms with E-state index in [4.69, 9.17) is 11.6 Å². The first-order valence-corrected chi connectivity index (χ1v) is 6.85. The van der Waals surface area contributed by atoms with E-state index in [9.17, 15) is 14.7 Å². The second kappa shape index (κ2) is 7.87. The molecule has 5 nitrogen and oxygen atoms in total. The van der Waals surface area contributed by atoms with Gasteiger partial charge in [0.05, 0.1) is 16.8 Å². The van der Waals surface area contributed by atoms with Gasteiger partial charge in [0.1, 0.15) is 0 Å². The van der Waals surface area contributed by atoms with Crippen LogP contribution < -0.4 is 10.6 Å². The van der Waals surface area contributed by atoms with E-state index in [0.29, 0.717) is 10.7 Å². The number of anilines is 1. The molecule has 1 aromatic carbocycles. The summed E-state index contributed by atoms with van der Waals surface area (Å²) in [6, 6.07) is 6.63. The monoisotopic (exact) mass is 298 g/mol. The van der Waals surface area contributed by atoms with Crippen LogP contribution in [0.3, 0.4) is 0 Å². The first-order chi connectivity index (χ1) is 9.45. The Balaban J connectivity index is 2.48. The van der Waals surface area contributed by atoms with E-state index < -0.39 is 17.9 Å². The molecule has 2 amide bonds. The molecular formula is C14H19ClN2O3. The fourth-order valence-corrected chi connectivity index (χ4v) is 1.68. The van der Waals surface area contributed by atoms with Gasteiger partial charge in [-0.3, -0.25) is 9.59 Å². The summed E-state index contributed by atoms with van der Waals surface area (Å²) in [7, 11) is 0. The standard InChI is InChI=1S/C14H19ClN2O3/c1-3-9(2)12(18)8-16-13(19)14(20)17-11-7-5-4-6-10(11)15/h4-7,9,12,18H,3,8H2,1-2H3,(H,16,19)(H,17,20). The fourth-order valence-electron chi connectivity index (χ4n) is 1.49. The van der Waals surface area contributed by atoms with Crippen LogP contribution in [0.1, 0.15) is 20.3 Å². The van der Waals surface area contributed by atoms with Gasteiger partial charge in [-0.25, -0.2) is 0 Å². The van der Waals surface area contributed by atoms with Gasteiger partial charge in [-0.2, -0.15) is 0 Å². The number of para-hydroxylation sites is 1. The number of hydrogen-bond acceptors (Lipinski definition) is 3. The SMILES string of the molecule is CCC(C)C(O)CNC(=O)C(=O)Nc1ccccc1Cl. The quantitative estimate of drug-likeness (QED) is 0.725. The third kappa shape index (κ3) is 4.83. The van der Waals surface area contributed by atoms with Crippen LogP contribution in [-0.2, 0) is 9.59 Å². The summed E-state index contributed by atoms with van der Waals surface area (Å²) < 4.78 is 0. The van der Waals surface area contributed by atoms with Crippen molar-refractivity contribution >= 4 is 29.1 Å². The lowest BCUT2D eigenvalue weighted by Gasteiger charge is -2.17. The van der Waals surface area contributed by atoms with Crippen molar-refractivity contribution in [1.82, 2.24) is 5.32 Å². The molecule has 20 heavy (non-hydrogen) atoms. The molecule has 1 aromatic rings. The molecule has 2 atom stereocenters. The van der Waals surface area contributed by atoms with Crippen LogP contribution in [0.2, 0.25) is 5.02 Å². The van der Waals surface area contributed by atoms with Crippen molar-refractivity contribution in [3.8, 4) is 0 Å². The molecule has 3 N–H and O–H groups in total. The lowest BCUT2D eigenvalue weighted by atomic mass is 10.0. The molecule has 0 saturated carbocycles. The van der Waals surface area contributed by atoms with E-state index in [-0.39, 0.29) is 12.5 Å². The summed E-state index contributed by atoms with van der Waals surface area (Å²) >= 11 is 5.87. The minimum Gasteiger partial charge on any atom is -0.391 e. The molecule has 6 heteroatoms. The number of aliphatic hydroxyl groups is 1. The molecule has 0 heterocycles. The molecule has 0 saturated heterocycles. The van der Waals surface area contributed by atoms with Crippen LogP contribution in [-0.4, -0.2) is 29.6 Å². The highest BCUT2D eigenvalue weighted by Crippen LogP contribution is 2.20. The van der Waals surface area contributed by atoms with Crippen molar-refractivity contribution in [2.45, 2.75) is 26.4 Å². The molecule has 1 rings (SSSR count). The second-order valence-electron chi connectivity index (χ2n) is 4.60. The fraction of sp³-hybridized carbons (Fsp3) is 0.429. The number of halogens is 1. The molecule has 0 spiro atoms. The normalized spacial score (nSPS) is 13.4. The Hall–Kier alpha value is -1.59. The number of aliphatic hydroxyl groups excluding tert-OH is 1. The predicted octanol–water partition coefficient (Wildman–Crippen LogP) is 1.80. The number of amides is 2. The molecule has 0 aliphatic rings. The van der Waals surface area contributed by atoms with E-state index in [1.54, 1.807) is 24.3 Å². The topological polar surface area (TPSA) is 78.4 Å². The third-order valence-corrected chi connectivity index (χ3v) is 3.43. The van der Waals surface area contributed by atoms with Crippen molar-refractivity contribution in [1.29, 1.82) is 0 Å². The van der Waals surface area contributed by atoms with Gasteiger partial charge in [0, 0.05) is 6.54 Å². The van der Waals surface area contributed by atoms with Crippen LogP contribution in [0.25, 0.3) is 0 Å². The van der Waals surface area contributed by atoms with E-state index in [2.05, 4.69) is 10.6 Å². The summed E-state index contributed by atoms with van der Waals surface area (Å²) in [6.07, 6.45) is 0.125. The van der Waals surface area contributed by atoms with Crippen LogP contribution >= 0.6 is 11.6 Å². The number of carbonyl (C=O) groups is 2. The Kier molecular flexibility index (Phi) is 6.48. The summed E-state index contributed by atoms with van der Waals surface area (Å²) in [5.41, 5.74) is 0.372. The lowest BCUT2D eigenvalue weighted by molar-refractivity contribution is -0.136. The predicted molar refractivity (Wildman–Crippen MR) is 78.6 cm³/mol. The number of benzene rings is 1. The van der Waals surface area contributed by atoms with Gasteiger partial charge in [-0.15, -0.1) is 0 Å². The Morgan fingerprint density at radius 2 is 1.95 bits per heavy atom. The van der Waals surface area contributed by atoms with Crippen LogP contribution in [0.4, 0.5) is 5.69 Å². The maximum absolute atomic E-state index is 11.7. The average Bonchev–Trinajstić information content (AvgIpc) is 2.45. The highest BCUT2D eigenvalue weighted by atomic mass is 35.5. The van der Waals surface area contributed by atoms with E-state index in [1.165, 1.54) is 0 Å². The minimum atomic E-state index is -0.811. The number of hydrogen-bond donors (Lipinski definition) is 3. The smallest absolute Gasteiger partial charge is 0.313 e. The molecule has 0 aromatic heterocycles. The number of rotatable bonds is 5. The molecule has 0 bridgehead atoms. The Bertz CT molecular complexity index is 479. The Morgan fingerprint density at radius 1 is 1.30 bits per heavy atom. The van der Waals surface area contributed by atoms with Gasteiger partial charge in [0.25, 0.3) is 0 Å². The molecular weight excluding hydrogens is 280 g/mol. The zero-order valence-corrected chi connectivity index (χ0v) is 12.3. The molecule has 0 radical (unpaired) electrons. The van der Waals surface area contributed by atoms with E-state index >= 15 is 0 Å². The molecule has 0 aliphatic carbocycles. The summed E-state index contributed by atoms with van der Waals surface area (Å²) in [4.78, 5) is 23.2. The van der Waals surface area contributed by atoms with Gasteiger partial charge in [0.15, 0.2) is 0 Å².